The second-order valence-electron chi connectivity index (χ2n) is 8.18. The van der Waals surface area contributed by atoms with Crippen molar-refractivity contribution in [3.8, 4) is 0 Å². The summed E-state index contributed by atoms with van der Waals surface area (Å²) in [5.41, 5.74) is 10.2. The molecule has 4 nitrogen and oxygen atoms in total. The Morgan fingerprint density at radius 1 is 1.29 bits per heavy atom. The molecule has 0 atom stereocenters. The summed E-state index contributed by atoms with van der Waals surface area (Å²) in [7, 11) is 0. The van der Waals surface area contributed by atoms with Gasteiger partial charge in [-0.15, -0.1) is 0 Å². The molecule has 3 aliphatic rings. The molecule has 2 N–H and O–H groups in total. The maximum absolute atomic E-state index is 15.0. The number of anilines is 2. The largest absolute Gasteiger partial charge is 0.384 e. The van der Waals surface area contributed by atoms with Crippen LogP contribution in [0.1, 0.15) is 70.8 Å². The predicted octanol–water partition coefficient (Wildman–Crippen LogP) is 5.79. The van der Waals surface area contributed by atoms with Crippen molar-refractivity contribution < 1.29 is 4.39 Å². The van der Waals surface area contributed by atoms with Crippen LogP contribution < -0.4 is 10.6 Å². The first kappa shape index (κ1) is 19.0. The van der Waals surface area contributed by atoms with Crippen molar-refractivity contribution in [2.75, 3.05) is 10.6 Å². The molecule has 0 radical (unpaired) electrons. The third kappa shape index (κ3) is 3.43. The summed E-state index contributed by atoms with van der Waals surface area (Å²) >= 11 is 0. The van der Waals surface area contributed by atoms with Gasteiger partial charge < -0.3 is 15.5 Å². The molecule has 0 amide bonds. The fourth-order valence-corrected chi connectivity index (χ4v) is 4.84. The number of nitrogens with two attached hydrogens (primary N) is 1. The number of allylic oxidation sites excluding steroid dienone is 4. The van der Waals surface area contributed by atoms with Crippen LogP contribution in [-0.4, -0.2) is 15.9 Å². The van der Waals surface area contributed by atoms with E-state index in [0.717, 1.165) is 60.4 Å². The second kappa shape index (κ2) is 7.98. The van der Waals surface area contributed by atoms with Crippen molar-refractivity contribution in [3.05, 3.63) is 52.9 Å². The molecular weight excluding hydrogens is 351 g/mol. The molecular formula is C23H31FN4. The Labute approximate surface area is 167 Å². The molecule has 1 aromatic rings. The molecule has 0 bridgehead atoms. The lowest BCUT2D eigenvalue weighted by molar-refractivity contribution is 0.332. The fourth-order valence-electron chi connectivity index (χ4n) is 4.84. The average Bonchev–Trinajstić information content (AvgIpc) is 2.69. The topological polar surface area (TPSA) is 45.4 Å². The van der Waals surface area contributed by atoms with Crippen LogP contribution >= 0.6 is 0 Å². The molecule has 28 heavy (non-hydrogen) atoms. The Balaban J connectivity index is 1.86. The summed E-state index contributed by atoms with van der Waals surface area (Å²) in [6.07, 6.45) is 14.5. The van der Waals surface area contributed by atoms with Crippen LogP contribution in [-0.2, 0) is 6.54 Å². The zero-order valence-corrected chi connectivity index (χ0v) is 17.0. The standard InChI is InChI=1S/C23H31FN4/c1-3-8-22-27(23-16(2)9-7-12-19(23)24)15-17-14-26-21(25)13-20(17)28(22)18-10-5-4-6-11-18/h8,12-14,18H,3-7,9-11,15H2,1-2H3,(H2,25,26)/b22-8+. The third-order valence-electron chi connectivity index (χ3n) is 6.16. The molecule has 0 saturated heterocycles. The summed E-state index contributed by atoms with van der Waals surface area (Å²) in [6.45, 7) is 4.84. The fraction of sp³-hybridized carbons (Fsp3) is 0.522. The summed E-state index contributed by atoms with van der Waals surface area (Å²) in [4.78, 5) is 8.95. The summed E-state index contributed by atoms with van der Waals surface area (Å²) < 4.78 is 15.0. The molecule has 0 spiro atoms. The van der Waals surface area contributed by atoms with E-state index in [1.165, 1.54) is 19.3 Å². The second-order valence-corrected chi connectivity index (χ2v) is 8.18. The van der Waals surface area contributed by atoms with Crippen LogP contribution in [0.25, 0.3) is 0 Å². The number of hydrogen-bond acceptors (Lipinski definition) is 4. The van der Waals surface area contributed by atoms with E-state index in [1.54, 1.807) is 6.08 Å². The lowest BCUT2D eigenvalue weighted by Crippen LogP contribution is -2.46. The maximum atomic E-state index is 15.0. The number of halogens is 1. The molecule has 0 aromatic carbocycles. The predicted molar refractivity (Wildman–Crippen MR) is 113 cm³/mol. The van der Waals surface area contributed by atoms with Crippen LogP contribution in [0.3, 0.4) is 0 Å². The van der Waals surface area contributed by atoms with Gasteiger partial charge in [-0.25, -0.2) is 9.37 Å². The van der Waals surface area contributed by atoms with Gasteiger partial charge >= 0.3 is 0 Å². The van der Waals surface area contributed by atoms with Crippen LogP contribution in [0.2, 0.25) is 0 Å². The molecule has 2 aliphatic carbocycles. The number of fused-ring (bicyclic) bond motifs is 1. The van der Waals surface area contributed by atoms with Gasteiger partial charge in [0, 0.05) is 23.9 Å². The van der Waals surface area contributed by atoms with Crippen molar-refractivity contribution in [2.45, 2.75) is 77.8 Å². The SMILES string of the molecule is CC/C=C1\N(C2=C(C)CCC=C2F)Cc2cnc(N)cc2N1C1CCCCC1. The lowest BCUT2D eigenvalue weighted by atomic mass is 9.92. The zero-order chi connectivity index (χ0) is 19.7. The molecule has 2 heterocycles. The lowest BCUT2D eigenvalue weighted by Gasteiger charge is -2.47. The minimum absolute atomic E-state index is 0.0961. The number of rotatable bonds is 3. The van der Waals surface area contributed by atoms with Gasteiger partial charge in [0.1, 0.15) is 17.5 Å². The Bertz CT molecular complexity index is 833. The highest BCUT2D eigenvalue weighted by molar-refractivity contribution is 5.65. The van der Waals surface area contributed by atoms with Crippen molar-refractivity contribution in [1.82, 2.24) is 9.88 Å². The number of pyridine rings is 1. The monoisotopic (exact) mass is 382 g/mol. The number of nitrogen functional groups attached to an aromatic ring is 1. The molecule has 4 rings (SSSR count). The van der Waals surface area contributed by atoms with E-state index in [0.29, 0.717) is 18.4 Å². The minimum atomic E-state index is -0.0961. The normalized spacial score (nSPS) is 22.5. The smallest absolute Gasteiger partial charge is 0.142 e. The van der Waals surface area contributed by atoms with Gasteiger partial charge in [-0.2, -0.15) is 0 Å². The van der Waals surface area contributed by atoms with Crippen LogP contribution in [0.5, 0.6) is 0 Å². The molecule has 150 valence electrons. The molecule has 1 aliphatic heterocycles. The van der Waals surface area contributed by atoms with E-state index in [2.05, 4.69) is 34.7 Å². The van der Waals surface area contributed by atoms with Crippen LogP contribution in [0.15, 0.2) is 47.3 Å². The van der Waals surface area contributed by atoms with E-state index in [-0.39, 0.29) is 5.83 Å². The van der Waals surface area contributed by atoms with Gasteiger partial charge in [0.2, 0.25) is 0 Å². The highest BCUT2D eigenvalue weighted by atomic mass is 19.1. The summed E-state index contributed by atoms with van der Waals surface area (Å²) in [6, 6.07) is 2.42. The van der Waals surface area contributed by atoms with E-state index < -0.39 is 0 Å². The zero-order valence-electron chi connectivity index (χ0n) is 17.0. The van der Waals surface area contributed by atoms with Gasteiger partial charge in [-0.1, -0.05) is 26.2 Å². The minimum Gasteiger partial charge on any atom is -0.384 e. The van der Waals surface area contributed by atoms with E-state index in [4.69, 9.17) is 5.73 Å². The van der Waals surface area contributed by atoms with Crippen molar-refractivity contribution in [2.24, 2.45) is 0 Å². The molecule has 1 fully saturated rings. The first-order valence-corrected chi connectivity index (χ1v) is 10.7. The quantitative estimate of drug-likeness (QED) is 0.718. The number of hydrogen-bond donors (Lipinski definition) is 1. The van der Waals surface area contributed by atoms with Crippen LogP contribution in [0.4, 0.5) is 15.9 Å². The molecule has 1 saturated carbocycles. The Morgan fingerprint density at radius 3 is 2.79 bits per heavy atom. The average molecular weight is 383 g/mol. The first-order valence-electron chi connectivity index (χ1n) is 10.7. The molecule has 0 unspecified atom stereocenters. The van der Waals surface area contributed by atoms with Gasteiger partial charge in [0.05, 0.1) is 17.9 Å². The Morgan fingerprint density at radius 2 is 2.07 bits per heavy atom. The van der Waals surface area contributed by atoms with Crippen molar-refractivity contribution >= 4 is 11.5 Å². The molecule has 5 heteroatoms. The van der Waals surface area contributed by atoms with Gasteiger partial charge in [0.15, 0.2) is 0 Å². The highest BCUT2D eigenvalue weighted by Gasteiger charge is 2.36. The van der Waals surface area contributed by atoms with Gasteiger partial charge in [0.25, 0.3) is 0 Å². The number of aromatic nitrogens is 1. The van der Waals surface area contributed by atoms with E-state index in [9.17, 15) is 4.39 Å². The summed E-state index contributed by atoms with van der Waals surface area (Å²) in [5, 5.41) is 0. The van der Waals surface area contributed by atoms with Gasteiger partial charge in [-0.05, 0) is 56.8 Å². The third-order valence-corrected chi connectivity index (χ3v) is 6.16. The van der Waals surface area contributed by atoms with E-state index >= 15 is 0 Å². The summed E-state index contributed by atoms with van der Waals surface area (Å²) in [5.74, 6) is 1.55. The number of nitrogens with zero attached hydrogens (tertiary/aromatic N) is 3. The maximum Gasteiger partial charge on any atom is 0.142 e. The highest BCUT2D eigenvalue weighted by Crippen LogP contribution is 2.43. The van der Waals surface area contributed by atoms with E-state index in [1.807, 2.05) is 12.3 Å². The Hall–Kier alpha value is -2.30. The molecule has 1 aromatic heterocycles. The van der Waals surface area contributed by atoms with Gasteiger partial charge in [-0.3, -0.25) is 0 Å². The van der Waals surface area contributed by atoms with Crippen molar-refractivity contribution in [3.63, 3.8) is 0 Å². The Kier molecular flexibility index (Phi) is 5.42. The first-order chi connectivity index (χ1) is 13.6. The van der Waals surface area contributed by atoms with Crippen LogP contribution in [0, 0.1) is 0 Å². The van der Waals surface area contributed by atoms with Crippen molar-refractivity contribution in [1.29, 1.82) is 0 Å².